The van der Waals surface area contributed by atoms with E-state index in [1.54, 1.807) is 7.11 Å². The van der Waals surface area contributed by atoms with Crippen LogP contribution in [0.25, 0.3) is 0 Å². The molecule has 26 heavy (non-hydrogen) atoms. The molecule has 7 nitrogen and oxygen atoms in total. The number of hydrogen-bond donors (Lipinski definition) is 2. The Morgan fingerprint density at radius 3 is 2.96 bits per heavy atom. The summed E-state index contributed by atoms with van der Waals surface area (Å²) in [7, 11) is 3.80. The van der Waals surface area contributed by atoms with Crippen molar-refractivity contribution < 1.29 is 9.47 Å². The number of hydrogen-bond acceptors (Lipinski definition) is 7. The van der Waals surface area contributed by atoms with Gasteiger partial charge in [0.15, 0.2) is 0 Å². The summed E-state index contributed by atoms with van der Waals surface area (Å²) in [5, 5.41) is 16.5. The lowest BCUT2D eigenvalue weighted by Gasteiger charge is -2.29. The summed E-state index contributed by atoms with van der Waals surface area (Å²) >= 11 is 0. The van der Waals surface area contributed by atoms with E-state index in [0.29, 0.717) is 18.0 Å². The van der Waals surface area contributed by atoms with Gasteiger partial charge >= 0.3 is 0 Å². The van der Waals surface area contributed by atoms with Crippen molar-refractivity contribution in [3.8, 4) is 6.07 Å². The molecule has 1 aromatic heterocycles. The molecule has 0 aliphatic carbocycles. The summed E-state index contributed by atoms with van der Waals surface area (Å²) in [6, 6.07) is 2.38. The van der Waals surface area contributed by atoms with E-state index in [1.807, 2.05) is 0 Å². The lowest BCUT2D eigenvalue weighted by Crippen LogP contribution is -2.30. The molecule has 0 bridgehead atoms. The fourth-order valence-corrected chi connectivity index (χ4v) is 3.60. The second-order valence-corrected chi connectivity index (χ2v) is 7.03. The van der Waals surface area contributed by atoms with Crippen LogP contribution in [0.3, 0.4) is 0 Å². The Hall–Kier alpha value is -1.88. The van der Waals surface area contributed by atoms with Gasteiger partial charge in [0.25, 0.3) is 0 Å². The molecule has 2 N–H and O–H groups in total. The largest absolute Gasteiger partial charge is 0.385 e. The van der Waals surface area contributed by atoms with Gasteiger partial charge in [0.05, 0.1) is 11.7 Å². The number of nitrogens with zero attached hydrogens (tertiary/aromatic N) is 3. The monoisotopic (exact) mass is 359 g/mol. The zero-order valence-electron chi connectivity index (χ0n) is 15.8. The average Bonchev–Trinajstić information content (AvgIpc) is 3.17. The van der Waals surface area contributed by atoms with Crippen molar-refractivity contribution in [3.05, 3.63) is 16.7 Å². The van der Waals surface area contributed by atoms with Crippen LogP contribution in [0.15, 0.2) is 0 Å². The zero-order valence-corrected chi connectivity index (χ0v) is 15.8. The Labute approximate surface area is 155 Å². The minimum Gasteiger partial charge on any atom is -0.385 e. The number of nitrogens with one attached hydrogen (secondary N) is 2. The van der Waals surface area contributed by atoms with Gasteiger partial charge in [-0.1, -0.05) is 0 Å². The van der Waals surface area contributed by atoms with E-state index >= 15 is 0 Å². The maximum atomic E-state index is 9.73. The van der Waals surface area contributed by atoms with Crippen LogP contribution in [-0.4, -0.2) is 63.0 Å². The third-order valence-corrected chi connectivity index (χ3v) is 5.03. The van der Waals surface area contributed by atoms with Crippen LogP contribution >= 0.6 is 0 Å². The van der Waals surface area contributed by atoms with Crippen molar-refractivity contribution in [2.24, 2.45) is 0 Å². The smallest absolute Gasteiger partial charge is 0.146 e. The molecule has 0 unspecified atom stereocenters. The predicted octanol–water partition coefficient (Wildman–Crippen LogP) is 1.98. The number of aromatic nitrogens is 1. The Morgan fingerprint density at radius 1 is 1.35 bits per heavy atom. The van der Waals surface area contributed by atoms with Crippen LogP contribution in [0.5, 0.6) is 0 Å². The van der Waals surface area contributed by atoms with Crippen LogP contribution < -0.4 is 10.6 Å². The van der Waals surface area contributed by atoms with Gasteiger partial charge in [0, 0.05) is 52.1 Å². The average molecular weight is 359 g/mol. The van der Waals surface area contributed by atoms with Gasteiger partial charge in [-0.25, -0.2) is 4.98 Å². The van der Waals surface area contributed by atoms with E-state index in [0.717, 1.165) is 75.4 Å². The molecule has 1 aromatic rings. The maximum absolute atomic E-state index is 9.73. The molecule has 2 aliphatic heterocycles. The summed E-state index contributed by atoms with van der Waals surface area (Å²) in [4.78, 5) is 7.05. The van der Waals surface area contributed by atoms with E-state index in [-0.39, 0.29) is 6.10 Å². The SMILES string of the molecule is COCCCNc1nc(NC[C@@H]2CCCO2)c2c(c1C#N)CCN(C)C2. The third kappa shape index (κ3) is 4.44. The number of methoxy groups -OCH3 is 1. The van der Waals surface area contributed by atoms with E-state index in [4.69, 9.17) is 14.5 Å². The molecular formula is C19H29N5O2. The molecule has 3 rings (SSSR count). The van der Waals surface area contributed by atoms with Gasteiger partial charge in [-0.05, 0) is 38.3 Å². The maximum Gasteiger partial charge on any atom is 0.146 e. The highest BCUT2D eigenvalue weighted by molar-refractivity contribution is 5.66. The number of ether oxygens (including phenoxy) is 2. The number of nitriles is 1. The first kappa shape index (κ1) is 18.9. The first-order valence-corrected chi connectivity index (χ1v) is 9.45. The van der Waals surface area contributed by atoms with E-state index < -0.39 is 0 Å². The molecule has 0 amide bonds. The summed E-state index contributed by atoms with van der Waals surface area (Å²) in [6.07, 6.45) is 4.22. The summed E-state index contributed by atoms with van der Waals surface area (Å²) in [5.74, 6) is 1.57. The fraction of sp³-hybridized carbons (Fsp3) is 0.684. The Kier molecular flexibility index (Phi) is 6.67. The van der Waals surface area contributed by atoms with Crippen molar-refractivity contribution >= 4 is 11.6 Å². The van der Waals surface area contributed by atoms with Crippen molar-refractivity contribution in [1.82, 2.24) is 9.88 Å². The standard InChI is InChI=1S/C19H29N5O2/c1-24-8-6-15-16(11-20)18(21-7-4-9-25-2)23-19(17(15)13-24)22-12-14-5-3-10-26-14/h14H,3-10,12-13H2,1-2H3,(H2,21,22,23)/t14-/m0/s1. The number of likely N-dealkylation sites (N-methyl/N-ethyl adjacent to an activating group) is 1. The fourth-order valence-electron chi connectivity index (χ4n) is 3.60. The zero-order chi connectivity index (χ0) is 18.4. The van der Waals surface area contributed by atoms with E-state index in [1.165, 1.54) is 0 Å². The third-order valence-electron chi connectivity index (χ3n) is 5.03. The molecule has 0 aromatic carbocycles. The molecule has 142 valence electrons. The summed E-state index contributed by atoms with van der Waals surface area (Å²) in [6.45, 7) is 4.81. The van der Waals surface area contributed by atoms with Crippen molar-refractivity contribution in [2.45, 2.75) is 38.3 Å². The number of anilines is 2. The lowest BCUT2D eigenvalue weighted by atomic mass is 9.96. The molecular weight excluding hydrogens is 330 g/mol. The molecule has 1 fully saturated rings. The Bertz CT molecular complexity index is 652. The van der Waals surface area contributed by atoms with Gasteiger partial charge in [0.2, 0.25) is 0 Å². The van der Waals surface area contributed by atoms with Crippen LogP contribution in [0.2, 0.25) is 0 Å². The highest BCUT2D eigenvalue weighted by Gasteiger charge is 2.25. The Morgan fingerprint density at radius 2 is 2.23 bits per heavy atom. The molecule has 7 heteroatoms. The second-order valence-electron chi connectivity index (χ2n) is 7.03. The normalized spacial score (nSPS) is 19.8. The van der Waals surface area contributed by atoms with Crippen LogP contribution in [0, 0.1) is 11.3 Å². The molecule has 0 spiro atoms. The highest BCUT2D eigenvalue weighted by atomic mass is 16.5. The second kappa shape index (κ2) is 9.17. The highest BCUT2D eigenvalue weighted by Crippen LogP contribution is 2.31. The van der Waals surface area contributed by atoms with Crippen molar-refractivity contribution in [2.75, 3.05) is 57.6 Å². The van der Waals surface area contributed by atoms with Crippen LogP contribution in [0.4, 0.5) is 11.6 Å². The molecule has 1 saturated heterocycles. The van der Waals surface area contributed by atoms with Crippen LogP contribution in [-0.2, 0) is 22.4 Å². The topological polar surface area (TPSA) is 82.4 Å². The van der Waals surface area contributed by atoms with Gasteiger partial charge < -0.3 is 25.0 Å². The van der Waals surface area contributed by atoms with Gasteiger partial charge in [-0.3, -0.25) is 0 Å². The van der Waals surface area contributed by atoms with E-state index in [2.05, 4.69) is 28.7 Å². The minimum absolute atomic E-state index is 0.252. The summed E-state index contributed by atoms with van der Waals surface area (Å²) in [5.41, 5.74) is 2.97. The van der Waals surface area contributed by atoms with Gasteiger partial charge in [0.1, 0.15) is 17.7 Å². The first-order valence-electron chi connectivity index (χ1n) is 9.45. The first-order chi connectivity index (χ1) is 12.7. The molecule has 0 radical (unpaired) electrons. The minimum atomic E-state index is 0.252. The number of pyridine rings is 1. The quantitative estimate of drug-likeness (QED) is 0.687. The van der Waals surface area contributed by atoms with Gasteiger partial charge in [-0.2, -0.15) is 5.26 Å². The summed E-state index contributed by atoms with van der Waals surface area (Å²) < 4.78 is 10.8. The number of rotatable bonds is 8. The Balaban J connectivity index is 1.83. The molecule has 0 saturated carbocycles. The number of fused-ring (bicyclic) bond motifs is 1. The molecule has 1 atom stereocenters. The van der Waals surface area contributed by atoms with Crippen molar-refractivity contribution in [3.63, 3.8) is 0 Å². The lowest BCUT2D eigenvalue weighted by molar-refractivity contribution is 0.120. The van der Waals surface area contributed by atoms with Crippen molar-refractivity contribution in [1.29, 1.82) is 5.26 Å². The molecule has 3 heterocycles. The van der Waals surface area contributed by atoms with Crippen LogP contribution in [0.1, 0.15) is 36.0 Å². The predicted molar refractivity (Wildman–Crippen MR) is 101 cm³/mol. The van der Waals surface area contributed by atoms with E-state index in [9.17, 15) is 5.26 Å². The molecule has 2 aliphatic rings. The van der Waals surface area contributed by atoms with Gasteiger partial charge in [-0.15, -0.1) is 0 Å².